The Hall–Kier alpha value is -1.76. The Balaban J connectivity index is 1.83. The van der Waals surface area contributed by atoms with Crippen LogP contribution in [0.4, 0.5) is 0 Å². The largest absolute Gasteiger partial charge is 0.348 e. The molecule has 1 fully saturated rings. The summed E-state index contributed by atoms with van der Waals surface area (Å²) in [5.74, 6) is 0.750. The van der Waals surface area contributed by atoms with E-state index in [2.05, 4.69) is 22.3 Å². The third-order valence-electron chi connectivity index (χ3n) is 4.18. The Morgan fingerprint density at radius 2 is 2.36 bits per heavy atom. The number of carbonyl (C=O) groups excluding carboxylic acids is 1. The summed E-state index contributed by atoms with van der Waals surface area (Å²) in [6.07, 6.45) is 6.22. The minimum Gasteiger partial charge on any atom is -0.348 e. The van der Waals surface area contributed by atoms with Crippen molar-refractivity contribution < 1.29 is 4.79 Å². The number of amides is 1. The average Bonchev–Trinajstić information content (AvgIpc) is 3.08. The van der Waals surface area contributed by atoms with Gasteiger partial charge in [0, 0.05) is 24.5 Å². The summed E-state index contributed by atoms with van der Waals surface area (Å²) in [7, 11) is 1.75. The molecule has 0 aliphatic heterocycles. The van der Waals surface area contributed by atoms with E-state index in [1.165, 1.54) is 12.4 Å². The molecule has 2 heterocycles. The van der Waals surface area contributed by atoms with Crippen LogP contribution in [0.2, 0.25) is 0 Å². The van der Waals surface area contributed by atoms with Crippen LogP contribution >= 0.6 is 11.8 Å². The van der Waals surface area contributed by atoms with Gasteiger partial charge in [0.2, 0.25) is 5.43 Å². The van der Waals surface area contributed by atoms with Gasteiger partial charge >= 0.3 is 0 Å². The van der Waals surface area contributed by atoms with Crippen molar-refractivity contribution in [3.8, 4) is 0 Å². The molecule has 2 aromatic rings. The van der Waals surface area contributed by atoms with Crippen LogP contribution in [0.5, 0.6) is 0 Å². The fourth-order valence-corrected chi connectivity index (χ4v) is 4.24. The maximum atomic E-state index is 12.5. The van der Waals surface area contributed by atoms with Gasteiger partial charge in [0.1, 0.15) is 11.2 Å². The van der Waals surface area contributed by atoms with Gasteiger partial charge in [-0.25, -0.2) is 0 Å². The standard InChI is InChI=1S/C15H20N4O2S/c1-3-22-12-6-4-5-11(12)18-15(21)10-7-16-14-9(13(10)20)8-17-19(14)2/h7-8,11-12H,3-6H2,1-2H3,(H,16,20)(H,18,21)/t11-,12-/m1/s1. The van der Waals surface area contributed by atoms with Crippen molar-refractivity contribution in [3.05, 3.63) is 28.2 Å². The number of aryl methyl sites for hydroxylation is 1. The molecule has 22 heavy (non-hydrogen) atoms. The first-order valence-electron chi connectivity index (χ1n) is 7.57. The van der Waals surface area contributed by atoms with E-state index in [1.54, 1.807) is 11.7 Å². The molecule has 2 aromatic heterocycles. The van der Waals surface area contributed by atoms with Crippen LogP contribution in [0.25, 0.3) is 11.0 Å². The Morgan fingerprint density at radius 1 is 1.55 bits per heavy atom. The van der Waals surface area contributed by atoms with E-state index in [0.29, 0.717) is 16.3 Å². The molecule has 0 saturated heterocycles. The maximum Gasteiger partial charge on any atom is 0.257 e. The van der Waals surface area contributed by atoms with Gasteiger partial charge in [0.05, 0.1) is 11.6 Å². The Labute approximate surface area is 132 Å². The number of pyridine rings is 1. The van der Waals surface area contributed by atoms with Gasteiger partial charge < -0.3 is 10.3 Å². The average molecular weight is 320 g/mol. The lowest BCUT2D eigenvalue weighted by molar-refractivity contribution is 0.0937. The second kappa shape index (κ2) is 6.16. The molecular weight excluding hydrogens is 300 g/mol. The zero-order chi connectivity index (χ0) is 15.7. The van der Waals surface area contributed by atoms with Gasteiger partial charge in [0.15, 0.2) is 0 Å². The summed E-state index contributed by atoms with van der Waals surface area (Å²) < 4.78 is 1.59. The summed E-state index contributed by atoms with van der Waals surface area (Å²) in [6.45, 7) is 2.13. The first kappa shape index (κ1) is 15.1. The van der Waals surface area contributed by atoms with Gasteiger partial charge in [-0.1, -0.05) is 13.3 Å². The lowest BCUT2D eigenvalue weighted by Crippen LogP contribution is -2.40. The van der Waals surface area contributed by atoms with Crippen molar-refractivity contribution in [2.75, 3.05) is 5.75 Å². The number of aromatic nitrogens is 3. The number of fused-ring (bicyclic) bond motifs is 1. The molecule has 0 bridgehead atoms. The maximum absolute atomic E-state index is 12.5. The number of H-pyrrole nitrogens is 1. The lowest BCUT2D eigenvalue weighted by Gasteiger charge is -2.19. The summed E-state index contributed by atoms with van der Waals surface area (Å²) in [6, 6.07) is 0.154. The Kier molecular flexibility index (Phi) is 4.24. The molecule has 6 nitrogen and oxygen atoms in total. The van der Waals surface area contributed by atoms with Crippen molar-refractivity contribution in [3.63, 3.8) is 0 Å². The topological polar surface area (TPSA) is 79.8 Å². The fraction of sp³-hybridized carbons (Fsp3) is 0.533. The van der Waals surface area contributed by atoms with Crippen molar-refractivity contribution in [2.45, 2.75) is 37.5 Å². The van der Waals surface area contributed by atoms with Crippen molar-refractivity contribution >= 4 is 28.7 Å². The SMILES string of the molecule is CCS[C@@H]1CCC[C@H]1NC(=O)c1c[nH]c2c(cnn2C)c1=O. The van der Waals surface area contributed by atoms with Crippen LogP contribution in [0.3, 0.4) is 0 Å². The van der Waals surface area contributed by atoms with Crippen molar-refractivity contribution in [2.24, 2.45) is 7.05 Å². The molecule has 0 unspecified atom stereocenters. The third kappa shape index (κ3) is 2.65. The van der Waals surface area contributed by atoms with E-state index in [0.717, 1.165) is 25.0 Å². The predicted octanol–water partition coefficient (Wildman–Crippen LogP) is 1.67. The van der Waals surface area contributed by atoms with Crippen LogP contribution in [0, 0.1) is 0 Å². The molecule has 3 rings (SSSR count). The van der Waals surface area contributed by atoms with Crippen LogP contribution in [0.15, 0.2) is 17.2 Å². The molecule has 0 spiro atoms. The normalized spacial score (nSPS) is 21.4. The quantitative estimate of drug-likeness (QED) is 0.898. The zero-order valence-corrected chi connectivity index (χ0v) is 13.6. The molecule has 1 amide bonds. The predicted molar refractivity (Wildman–Crippen MR) is 88.4 cm³/mol. The number of rotatable bonds is 4. The third-order valence-corrected chi connectivity index (χ3v) is 5.50. The summed E-state index contributed by atoms with van der Waals surface area (Å²) in [5.41, 5.74) is 0.520. The van der Waals surface area contributed by atoms with Crippen molar-refractivity contribution in [1.29, 1.82) is 0 Å². The Morgan fingerprint density at radius 3 is 3.14 bits per heavy atom. The number of thioether (sulfide) groups is 1. The highest BCUT2D eigenvalue weighted by molar-refractivity contribution is 7.99. The molecule has 2 atom stereocenters. The van der Waals surface area contributed by atoms with E-state index in [1.807, 2.05) is 11.8 Å². The van der Waals surface area contributed by atoms with Crippen LogP contribution in [0.1, 0.15) is 36.5 Å². The van der Waals surface area contributed by atoms with E-state index in [-0.39, 0.29) is 22.9 Å². The summed E-state index contributed by atoms with van der Waals surface area (Å²) in [5, 5.41) is 7.98. The molecule has 0 aromatic carbocycles. The second-order valence-electron chi connectivity index (χ2n) is 5.57. The van der Waals surface area contributed by atoms with Crippen LogP contribution in [-0.2, 0) is 7.05 Å². The monoisotopic (exact) mass is 320 g/mol. The number of nitrogens with one attached hydrogen (secondary N) is 2. The number of hydrogen-bond donors (Lipinski definition) is 2. The van der Waals surface area contributed by atoms with E-state index >= 15 is 0 Å². The lowest BCUT2D eigenvalue weighted by atomic mass is 10.2. The van der Waals surface area contributed by atoms with Gasteiger partial charge in [-0.15, -0.1) is 0 Å². The highest BCUT2D eigenvalue weighted by Crippen LogP contribution is 2.29. The highest BCUT2D eigenvalue weighted by Gasteiger charge is 2.29. The van der Waals surface area contributed by atoms with Gasteiger partial charge in [-0.05, 0) is 18.6 Å². The highest BCUT2D eigenvalue weighted by atomic mass is 32.2. The first-order chi connectivity index (χ1) is 10.6. The molecule has 118 valence electrons. The van der Waals surface area contributed by atoms with Crippen molar-refractivity contribution in [1.82, 2.24) is 20.1 Å². The van der Waals surface area contributed by atoms with Gasteiger partial charge in [-0.3, -0.25) is 14.3 Å². The van der Waals surface area contributed by atoms with E-state index in [9.17, 15) is 9.59 Å². The molecule has 2 N–H and O–H groups in total. The molecular formula is C15H20N4O2S. The van der Waals surface area contributed by atoms with Gasteiger partial charge in [0.25, 0.3) is 5.91 Å². The van der Waals surface area contributed by atoms with Crippen LogP contribution in [-0.4, -0.2) is 37.7 Å². The molecule has 1 saturated carbocycles. The smallest absolute Gasteiger partial charge is 0.257 e. The molecule has 1 aliphatic carbocycles. The number of carbonyl (C=O) groups is 1. The number of aromatic amines is 1. The second-order valence-corrected chi connectivity index (χ2v) is 7.08. The van der Waals surface area contributed by atoms with Gasteiger partial charge in [-0.2, -0.15) is 16.9 Å². The first-order valence-corrected chi connectivity index (χ1v) is 8.62. The minimum absolute atomic E-state index is 0.154. The molecule has 7 heteroatoms. The number of nitrogens with zero attached hydrogens (tertiary/aromatic N) is 2. The Bertz CT molecular complexity index is 752. The molecule has 0 radical (unpaired) electrons. The van der Waals surface area contributed by atoms with E-state index in [4.69, 9.17) is 0 Å². The molecule has 1 aliphatic rings. The minimum atomic E-state index is -0.291. The fourth-order valence-electron chi connectivity index (χ4n) is 3.05. The summed E-state index contributed by atoms with van der Waals surface area (Å²) >= 11 is 1.88. The summed E-state index contributed by atoms with van der Waals surface area (Å²) in [4.78, 5) is 27.9. The zero-order valence-electron chi connectivity index (χ0n) is 12.8. The number of hydrogen-bond acceptors (Lipinski definition) is 4. The van der Waals surface area contributed by atoms with E-state index < -0.39 is 0 Å². The van der Waals surface area contributed by atoms with Crippen LogP contribution < -0.4 is 10.7 Å².